The van der Waals surface area contributed by atoms with Crippen LogP contribution in [0.2, 0.25) is 0 Å². The van der Waals surface area contributed by atoms with E-state index < -0.39 is 17.7 Å². The van der Waals surface area contributed by atoms with Gasteiger partial charge in [-0.15, -0.1) is 0 Å². The molecule has 15 heavy (non-hydrogen) atoms. The fourth-order valence-electron chi connectivity index (χ4n) is 1.53. The average Bonchev–Trinajstić information content (AvgIpc) is 2.20. The van der Waals surface area contributed by atoms with E-state index in [9.17, 15) is 13.9 Å². The van der Waals surface area contributed by atoms with Crippen molar-refractivity contribution < 1.29 is 13.9 Å². The molecule has 0 saturated heterocycles. The summed E-state index contributed by atoms with van der Waals surface area (Å²) in [5, 5.41) is 9.45. The topological polar surface area (TPSA) is 20.2 Å². The number of halogens is 2. The van der Waals surface area contributed by atoms with Crippen molar-refractivity contribution in [2.45, 2.75) is 38.7 Å². The standard InChI is InChI=1S/C12H16F2O/c1-2-3-11(15)6-4-9-8-10(13)5-7-12(9)14/h5,7-8,11,15H,2-4,6H2,1H3. The molecule has 0 saturated carbocycles. The largest absolute Gasteiger partial charge is 0.393 e. The van der Waals surface area contributed by atoms with Gasteiger partial charge in [0.2, 0.25) is 0 Å². The summed E-state index contributed by atoms with van der Waals surface area (Å²) in [7, 11) is 0. The van der Waals surface area contributed by atoms with E-state index in [4.69, 9.17) is 0 Å². The van der Waals surface area contributed by atoms with Gasteiger partial charge in [-0.25, -0.2) is 8.78 Å². The Morgan fingerprint density at radius 1 is 1.27 bits per heavy atom. The second-order valence-electron chi connectivity index (χ2n) is 3.72. The molecule has 1 rings (SSSR count). The molecule has 0 heterocycles. The second kappa shape index (κ2) is 5.81. The van der Waals surface area contributed by atoms with E-state index in [-0.39, 0.29) is 0 Å². The van der Waals surface area contributed by atoms with E-state index in [1.165, 1.54) is 6.07 Å². The molecule has 0 aliphatic heterocycles. The van der Waals surface area contributed by atoms with Gasteiger partial charge >= 0.3 is 0 Å². The normalized spacial score (nSPS) is 12.8. The number of aliphatic hydroxyl groups excluding tert-OH is 1. The third-order valence-electron chi connectivity index (χ3n) is 2.38. The summed E-state index contributed by atoms with van der Waals surface area (Å²) in [6.45, 7) is 1.98. The second-order valence-corrected chi connectivity index (χ2v) is 3.72. The Balaban J connectivity index is 2.53. The van der Waals surface area contributed by atoms with Crippen molar-refractivity contribution >= 4 is 0 Å². The lowest BCUT2D eigenvalue weighted by Gasteiger charge is -2.09. The molecule has 0 amide bonds. The number of benzene rings is 1. The van der Waals surface area contributed by atoms with Gasteiger partial charge in [-0.2, -0.15) is 0 Å². The summed E-state index contributed by atoms with van der Waals surface area (Å²) in [6.07, 6.45) is 2.04. The first-order valence-corrected chi connectivity index (χ1v) is 5.25. The molecule has 1 nitrogen and oxygen atoms in total. The Bertz CT molecular complexity index is 312. The summed E-state index contributed by atoms with van der Waals surface area (Å²) < 4.78 is 25.9. The van der Waals surface area contributed by atoms with Crippen molar-refractivity contribution in [3.05, 3.63) is 35.4 Å². The Labute approximate surface area is 88.7 Å². The van der Waals surface area contributed by atoms with E-state index in [0.29, 0.717) is 24.8 Å². The van der Waals surface area contributed by atoms with Crippen LogP contribution in [0.1, 0.15) is 31.7 Å². The van der Waals surface area contributed by atoms with Crippen LogP contribution in [-0.2, 0) is 6.42 Å². The first kappa shape index (κ1) is 12.1. The third-order valence-corrected chi connectivity index (χ3v) is 2.38. The summed E-state index contributed by atoms with van der Waals surface area (Å²) in [5.74, 6) is -0.837. The highest BCUT2D eigenvalue weighted by atomic mass is 19.1. The first-order valence-electron chi connectivity index (χ1n) is 5.25. The maximum Gasteiger partial charge on any atom is 0.126 e. The maximum atomic E-state index is 13.2. The van der Waals surface area contributed by atoms with Gasteiger partial charge in [0.15, 0.2) is 0 Å². The van der Waals surface area contributed by atoms with Gasteiger partial charge < -0.3 is 5.11 Å². The molecule has 0 fully saturated rings. The van der Waals surface area contributed by atoms with Crippen molar-refractivity contribution in [1.29, 1.82) is 0 Å². The third kappa shape index (κ3) is 3.96. The van der Waals surface area contributed by atoms with E-state index in [1.807, 2.05) is 6.92 Å². The zero-order chi connectivity index (χ0) is 11.3. The maximum absolute atomic E-state index is 13.2. The summed E-state index contributed by atoms with van der Waals surface area (Å²) in [5.41, 5.74) is 0.338. The Morgan fingerprint density at radius 3 is 2.67 bits per heavy atom. The van der Waals surface area contributed by atoms with Gasteiger partial charge in [0.25, 0.3) is 0 Å². The number of aryl methyl sites for hydroxylation is 1. The predicted molar refractivity (Wildman–Crippen MR) is 55.6 cm³/mol. The lowest BCUT2D eigenvalue weighted by molar-refractivity contribution is 0.153. The van der Waals surface area contributed by atoms with Crippen molar-refractivity contribution in [1.82, 2.24) is 0 Å². The van der Waals surface area contributed by atoms with E-state index in [1.54, 1.807) is 0 Å². The molecule has 0 aliphatic rings. The smallest absolute Gasteiger partial charge is 0.126 e. The first-order chi connectivity index (χ1) is 7.13. The van der Waals surface area contributed by atoms with Crippen LogP contribution in [0.25, 0.3) is 0 Å². The Morgan fingerprint density at radius 2 is 2.00 bits per heavy atom. The minimum atomic E-state index is -0.434. The minimum Gasteiger partial charge on any atom is -0.393 e. The summed E-state index contributed by atoms with van der Waals surface area (Å²) in [6, 6.07) is 3.41. The molecule has 1 unspecified atom stereocenters. The highest BCUT2D eigenvalue weighted by molar-refractivity contribution is 5.18. The lowest BCUT2D eigenvalue weighted by atomic mass is 10.0. The number of aliphatic hydroxyl groups is 1. The van der Waals surface area contributed by atoms with Gasteiger partial charge in [0.1, 0.15) is 11.6 Å². The molecular formula is C12H16F2O. The molecule has 0 bridgehead atoms. The van der Waals surface area contributed by atoms with Gasteiger partial charge in [0.05, 0.1) is 6.10 Å². The van der Waals surface area contributed by atoms with Crippen LogP contribution in [0.5, 0.6) is 0 Å². The zero-order valence-corrected chi connectivity index (χ0v) is 8.84. The van der Waals surface area contributed by atoms with E-state index in [2.05, 4.69) is 0 Å². The number of rotatable bonds is 5. The lowest BCUT2D eigenvalue weighted by Crippen LogP contribution is -2.08. The molecule has 1 aromatic rings. The SMILES string of the molecule is CCCC(O)CCc1cc(F)ccc1F. The average molecular weight is 214 g/mol. The van der Waals surface area contributed by atoms with Crippen LogP contribution in [0.4, 0.5) is 8.78 Å². The molecule has 0 radical (unpaired) electrons. The molecule has 0 aromatic heterocycles. The fourth-order valence-corrected chi connectivity index (χ4v) is 1.53. The molecule has 0 spiro atoms. The predicted octanol–water partition coefficient (Wildman–Crippen LogP) is 3.06. The van der Waals surface area contributed by atoms with E-state index in [0.717, 1.165) is 18.6 Å². The highest BCUT2D eigenvalue weighted by Gasteiger charge is 2.07. The number of hydrogen-bond donors (Lipinski definition) is 1. The van der Waals surface area contributed by atoms with E-state index >= 15 is 0 Å². The molecule has 1 N–H and O–H groups in total. The molecular weight excluding hydrogens is 198 g/mol. The van der Waals surface area contributed by atoms with Gasteiger partial charge in [-0.3, -0.25) is 0 Å². The van der Waals surface area contributed by atoms with Crippen molar-refractivity contribution in [3.8, 4) is 0 Å². The zero-order valence-electron chi connectivity index (χ0n) is 8.84. The Hall–Kier alpha value is -0.960. The molecule has 0 aliphatic carbocycles. The number of hydrogen-bond acceptors (Lipinski definition) is 1. The van der Waals surface area contributed by atoms with Gasteiger partial charge in [0, 0.05) is 0 Å². The summed E-state index contributed by atoms with van der Waals surface area (Å²) >= 11 is 0. The Kier molecular flexibility index (Phi) is 4.69. The molecule has 1 atom stereocenters. The van der Waals surface area contributed by atoms with Crippen LogP contribution in [-0.4, -0.2) is 11.2 Å². The van der Waals surface area contributed by atoms with Gasteiger partial charge in [-0.05, 0) is 43.0 Å². The van der Waals surface area contributed by atoms with Crippen molar-refractivity contribution in [2.75, 3.05) is 0 Å². The van der Waals surface area contributed by atoms with Crippen LogP contribution >= 0.6 is 0 Å². The quantitative estimate of drug-likeness (QED) is 0.798. The van der Waals surface area contributed by atoms with Crippen molar-refractivity contribution in [2.24, 2.45) is 0 Å². The fraction of sp³-hybridized carbons (Fsp3) is 0.500. The molecule has 1 aromatic carbocycles. The molecule has 84 valence electrons. The van der Waals surface area contributed by atoms with Crippen LogP contribution in [0.15, 0.2) is 18.2 Å². The monoisotopic (exact) mass is 214 g/mol. The summed E-state index contributed by atoms with van der Waals surface area (Å²) in [4.78, 5) is 0. The molecule has 3 heteroatoms. The highest BCUT2D eigenvalue weighted by Crippen LogP contribution is 2.14. The van der Waals surface area contributed by atoms with Crippen LogP contribution in [0, 0.1) is 11.6 Å². The van der Waals surface area contributed by atoms with Crippen molar-refractivity contribution in [3.63, 3.8) is 0 Å². The van der Waals surface area contributed by atoms with Gasteiger partial charge in [-0.1, -0.05) is 13.3 Å². The minimum absolute atomic E-state index is 0.338. The van der Waals surface area contributed by atoms with Crippen LogP contribution < -0.4 is 0 Å². The van der Waals surface area contributed by atoms with Crippen LogP contribution in [0.3, 0.4) is 0 Å².